The number of fused-ring (bicyclic) bond motifs is 3. The minimum atomic E-state index is -2.67. The van der Waals surface area contributed by atoms with E-state index in [-0.39, 0.29) is 43.9 Å². The van der Waals surface area contributed by atoms with Crippen molar-refractivity contribution in [3.05, 3.63) is 23.3 Å². The van der Waals surface area contributed by atoms with Crippen LogP contribution in [0.5, 0.6) is 0 Å². The topological polar surface area (TPSA) is 242 Å². The number of carboxylic acid groups (broad SMARTS) is 1. The van der Waals surface area contributed by atoms with Crippen molar-refractivity contribution < 1.29 is 77.6 Å². The molecule has 63 heavy (non-hydrogen) atoms. The number of carboxylic acids is 1. The smallest absolute Gasteiger partial charge is 0.329 e. The summed E-state index contributed by atoms with van der Waals surface area (Å²) in [6.45, 7) is 10.1. The molecule has 4 aliphatic rings. The van der Waals surface area contributed by atoms with Crippen LogP contribution in [0.25, 0.3) is 0 Å². The van der Waals surface area contributed by atoms with E-state index in [4.69, 9.17) is 28.4 Å². The Labute approximate surface area is 370 Å². The van der Waals surface area contributed by atoms with Crippen LogP contribution in [-0.2, 0) is 57.2 Å². The molecule has 2 bridgehead atoms. The zero-order chi connectivity index (χ0) is 46.9. The van der Waals surface area contributed by atoms with E-state index >= 15 is 0 Å². The van der Waals surface area contributed by atoms with E-state index in [0.717, 1.165) is 4.90 Å². The van der Waals surface area contributed by atoms with Crippen LogP contribution in [0.3, 0.4) is 0 Å². The highest BCUT2D eigenvalue weighted by molar-refractivity contribution is 6.39. The van der Waals surface area contributed by atoms with Crippen LogP contribution in [0, 0.1) is 29.6 Å². The van der Waals surface area contributed by atoms with E-state index in [0.29, 0.717) is 49.7 Å². The summed E-state index contributed by atoms with van der Waals surface area (Å²) in [7, 11) is 4.34. The number of aliphatic carboxylic acids is 1. The van der Waals surface area contributed by atoms with Crippen molar-refractivity contribution in [3.8, 4) is 0 Å². The van der Waals surface area contributed by atoms with Crippen molar-refractivity contribution in [2.24, 2.45) is 29.6 Å². The first-order chi connectivity index (χ1) is 29.7. The summed E-state index contributed by atoms with van der Waals surface area (Å²) in [4.78, 5) is 82.7. The normalized spacial score (nSPS) is 39.3. The number of carbonyl (C=O) groups excluding carboxylic acids is 5. The molecule has 0 spiro atoms. The lowest BCUT2D eigenvalue weighted by Crippen LogP contribution is -2.64. The third-order valence-corrected chi connectivity index (χ3v) is 13.7. The number of aliphatic hydroxyl groups is 3. The molecule has 0 radical (unpaired) electrons. The number of methoxy groups -OCH3 is 3. The first-order valence-corrected chi connectivity index (χ1v) is 22.4. The van der Waals surface area contributed by atoms with Crippen LogP contribution >= 0.6 is 0 Å². The summed E-state index contributed by atoms with van der Waals surface area (Å²) in [6.07, 6.45) is -1.89. The number of amides is 1. The van der Waals surface area contributed by atoms with Crippen molar-refractivity contribution in [3.63, 3.8) is 0 Å². The van der Waals surface area contributed by atoms with E-state index in [1.54, 1.807) is 47.6 Å². The van der Waals surface area contributed by atoms with Crippen LogP contribution in [-0.4, -0.2) is 149 Å². The highest BCUT2D eigenvalue weighted by Crippen LogP contribution is 2.40. The number of nitrogens with zero attached hydrogens (tertiary/aromatic N) is 1. The molecule has 3 aliphatic heterocycles. The average Bonchev–Trinajstić information content (AvgIpc) is 3.25. The molecule has 3 heterocycles. The fraction of sp³-hybridized carbons (Fsp3) is 0.783. The average molecular weight is 894 g/mol. The van der Waals surface area contributed by atoms with Crippen molar-refractivity contribution in [2.45, 2.75) is 173 Å². The summed E-state index contributed by atoms with van der Waals surface area (Å²) in [6, 6.07) is -1.22. The van der Waals surface area contributed by atoms with Crippen molar-refractivity contribution in [1.29, 1.82) is 0 Å². The Morgan fingerprint density at radius 2 is 1.57 bits per heavy atom. The molecule has 17 heteroatoms. The van der Waals surface area contributed by atoms with Gasteiger partial charge in [0.15, 0.2) is 0 Å². The first-order valence-electron chi connectivity index (χ1n) is 22.4. The van der Waals surface area contributed by atoms with Gasteiger partial charge in [-0.15, -0.1) is 0 Å². The summed E-state index contributed by atoms with van der Waals surface area (Å²) in [5.74, 6) is -12.0. The van der Waals surface area contributed by atoms with Crippen molar-refractivity contribution in [2.75, 3.05) is 27.9 Å². The molecule has 3 fully saturated rings. The third-order valence-electron chi connectivity index (χ3n) is 13.7. The molecule has 15 atom stereocenters. The van der Waals surface area contributed by atoms with Gasteiger partial charge in [-0.1, -0.05) is 39.8 Å². The van der Waals surface area contributed by atoms with Gasteiger partial charge in [-0.2, -0.15) is 0 Å². The molecule has 2 saturated heterocycles. The number of esters is 2. The Hall–Kier alpha value is -3.58. The van der Waals surface area contributed by atoms with Gasteiger partial charge < -0.3 is 53.7 Å². The van der Waals surface area contributed by atoms with Gasteiger partial charge in [0, 0.05) is 52.0 Å². The van der Waals surface area contributed by atoms with E-state index in [2.05, 4.69) is 0 Å². The summed E-state index contributed by atoms with van der Waals surface area (Å²) in [5.41, 5.74) is 1.01. The maximum atomic E-state index is 14.4. The van der Waals surface area contributed by atoms with Crippen LogP contribution < -0.4 is 0 Å². The molecule has 1 saturated carbocycles. The number of rotatable bonds is 9. The van der Waals surface area contributed by atoms with Crippen LogP contribution in [0.4, 0.5) is 0 Å². The van der Waals surface area contributed by atoms with Gasteiger partial charge >= 0.3 is 17.9 Å². The number of allylic oxidation sites excluding steroid dienone is 2. The minimum Gasteiger partial charge on any atom is -0.481 e. The molecule has 1 amide bonds. The lowest BCUT2D eigenvalue weighted by Gasteiger charge is -2.47. The fourth-order valence-corrected chi connectivity index (χ4v) is 9.82. The molecule has 17 nitrogen and oxygen atoms in total. The number of hydrogen-bond acceptors (Lipinski definition) is 15. The maximum Gasteiger partial charge on any atom is 0.329 e. The van der Waals surface area contributed by atoms with E-state index in [9.17, 15) is 49.2 Å². The van der Waals surface area contributed by atoms with Gasteiger partial charge in [-0.3, -0.25) is 24.0 Å². The molecule has 0 aromatic heterocycles. The Morgan fingerprint density at radius 1 is 0.921 bits per heavy atom. The molecule has 1 aliphatic carbocycles. The van der Waals surface area contributed by atoms with Crippen LogP contribution in [0.2, 0.25) is 0 Å². The molecule has 0 unspecified atom stereocenters. The van der Waals surface area contributed by atoms with E-state index in [1.165, 1.54) is 21.3 Å². The van der Waals surface area contributed by atoms with Gasteiger partial charge in [0.05, 0.1) is 30.5 Å². The summed E-state index contributed by atoms with van der Waals surface area (Å²) >= 11 is 0. The number of hydrogen-bond donors (Lipinski definition) is 4. The minimum absolute atomic E-state index is 0.0128. The van der Waals surface area contributed by atoms with Crippen molar-refractivity contribution >= 4 is 35.4 Å². The summed E-state index contributed by atoms with van der Waals surface area (Å²) in [5, 5.41) is 43.7. The first kappa shape index (κ1) is 52.0. The molecule has 4 rings (SSSR count). The lowest BCUT2D eigenvalue weighted by atomic mass is 9.81. The Bertz CT molecular complexity index is 1700. The van der Waals surface area contributed by atoms with E-state index in [1.807, 2.05) is 6.08 Å². The largest absolute Gasteiger partial charge is 0.481 e. The zero-order valence-electron chi connectivity index (χ0n) is 38.4. The second-order valence-corrected chi connectivity index (χ2v) is 18.2. The van der Waals surface area contributed by atoms with Gasteiger partial charge in [0.1, 0.15) is 36.6 Å². The molecular weight excluding hydrogens is 822 g/mol. The highest BCUT2D eigenvalue weighted by Gasteiger charge is 2.57. The van der Waals surface area contributed by atoms with Gasteiger partial charge in [0.25, 0.3) is 11.7 Å². The molecule has 0 aromatic carbocycles. The number of ether oxygens (including phenoxy) is 6. The Balaban J connectivity index is 1.84. The van der Waals surface area contributed by atoms with Gasteiger partial charge in [-0.25, -0.2) is 4.79 Å². The third kappa shape index (κ3) is 12.6. The van der Waals surface area contributed by atoms with Crippen LogP contribution in [0.15, 0.2) is 23.3 Å². The standard InChI is InChI=1S/C46H71NO16/c1-10-30-18-25(3)40(61-39(53)23-38(51)52)26(4)19-36(59-8)42-37(60-9)20-27(5)46(57,63-42)43(54)44(55)47-16-12-11-13-31(47)45(56)62-41(28(6)33(49)22-34(30)50)24(2)17-29-14-15-32(48)35(21-29)58-7/h17-18,26-33,35-37,40-42,48-49,57H,10-16,19-23H2,1-9H3,(H,51,52)/b24-17+,25-18+/t26-,27-,28-,29+,30-,31+,32-,33+,35-,36+,37+,40-,41-,42-,46-/m1/s1. The number of carbonyl (C=O) groups is 6. The quantitative estimate of drug-likeness (QED) is 0.112. The fourth-order valence-electron chi connectivity index (χ4n) is 9.82. The number of ketones is 2. The predicted octanol–water partition coefficient (Wildman–Crippen LogP) is 3.47. The second-order valence-electron chi connectivity index (χ2n) is 18.2. The highest BCUT2D eigenvalue weighted by atomic mass is 16.7. The van der Waals surface area contributed by atoms with E-state index < -0.39 is 120 Å². The second kappa shape index (κ2) is 23.0. The number of Topliss-reactive ketones (excluding diaryl/α,β-unsaturated/α-hetero) is 2. The molecule has 356 valence electrons. The Kier molecular flexibility index (Phi) is 19.0. The SMILES string of the molecule is CC[C@@H]1/C=C(\C)[C@@H](OC(=O)CC(=O)O)[C@H](C)C[C@H](OC)[C@H]2O[C@@](O)(C(=O)C(=O)N3CCCC[C@H]3C(=O)O[C@H](/C(C)=C/[C@@H]3CC[C@@H](O)[C@H](OC)C3)[C@H](C)[C@@H](O)CC1=O)[C@H](C)C[C@@H]2OC. The molecule has 0 aromatic rings. The summed E-state index contributed by atoms with van der Waals surface area (Å²) < 4.78 is 35.4. The Morgan fingerprint density at radius 3 is 2.19 bits per heavy atom. The van der Waals surface area contributed by atoms with Crippen molar-refractivity contribution in [1.82, 2.24) is 4.90 Å². The molecule has 4 N–H and O–H groups in total. The number of piperidine rings is 1. The monoisotopic (exact) mass is 893 g/mol. The van der Waals surface area contributed by atoms with Gasteiger partial charge in [0.2, 0.25) is 5.79 Å². The van der Waals surface area contributed by atoms with Gasteiger partial charge in [-0.05, 0) is 94.6 Å². The lowest BCUT2D eigenvalue weighted by molar-refractivity contribution is -0.303. The molecular formula is C46H71NO16. The van der Waals surface area contributed by atoms with Crippen LogP contribution in [0.1, 0.15) is 112 Å². The zero-order valence-corrected chi connectivity index (χ0v) is 38.4. The number of cyclic esters (lactones) is 1. The maximum absolute atomic E-state index is 14.4. The number of aliphatic hydroxyl groups excluding tert-OH is 2. The predicted molar refractivity (Wildman–Crippen MR) is 226 cm³/mol.